The molecule has 0 bridgehead atoms. The number of nitrogens with one attached hydrogen (secondary N) is 4. The van der Waals surface area contributed by atoms with E-state index in [2.05, 4.69) is 50.5 Å². The van der Waals surface area contributed by atoms with Crippen LogP contribution in [0.4, 0.5) is 17.6 Å². The predicted octanol–water partition coefficient (Wildman–Crippen LogP) is 8.76. The van der Waals surface area contributed by atoms with Gasteiger partial charge in [0.1, 0.15) is 46.3 Å². The molecule has 0 saturated heterocycles. The van der Waals surface area contributed by atoms with Crippen molar-refractivity contribution in [2.75, 3.05) is 13.1 Å². The second-order valence-electron chi connectivity index (χ2n) is 14.4. The maximum absolute atomic E-state index is 14.7. The number of aromatic amines is 2. The van der Waals surface area contributed by atoms with Gasteiger partial charge in [-0.1, -0.05) is 11.6 Å². The molecule has 63 heavy (non-hydrogen) atoms. The fourth-order valence-electron chi connectivity index (χ4n) is 6.33. The van der Waals surface area contributed by atoms with Crippen molar-refractivity contribution in [2.24, 2.45) is 0 Å². The Morgan fingerprint density at radius 3 is 1.54 bits per heavy atom. The van der Waals surface area contributed by atoms with E-state index in [1.54, 1.807) is 36.9 Å². The number of ether oxygens (including phenoxy) is 1. The molecule has 0 fully saturated rings. The van der Waals surface area contributed by atoms with Crippen LogP contribution >= 0.6 is 11.6 Å². The van der Waals surface area contributed by atoms with Crippen molar-refractivity contribution in [3.05, 3.63) is 149 Å². The standard InChI is InChI=1S/C24H23F2N5O2.C21H16ClF2N5O/c1-14(2)33-24-22(15-5-7-16(25)8-6-15)30-19-12-17(18(26)13-20(19)31-24)23(32)29-9-3-4-21-27-10-11-28-21;22-20-19(12-3-5-13(23)6-4-12)28-16-10-14(15(24)11-17(16)29-20)21(30)27-7-1-2-18-25-8-9-26-18/h5-8,10-14H,3-4,9H2,1-2H3,(H,27,28)(H,29,32);3-6,8-11H,1-2,7H2,(H,25,26)(H,27,30). The van der Waals surface area contributed by atoms with Crippen LogP contribution in [0.5, 0.6) is 5.88 Å². The van der Waals surface area contributed by atoms with Crippen molar-refractivity contribution >= 4 is 45.5 Å². The molecule has 0 spiro atoms. The lowest BCUT2D eigenvalue weighted by molar-refractivity contribution is 0.0941. The predicted molar refractivity (Wildman–Crippen MR) is 229 cm³/mol. The van der Waals surface area contributed by atoms with Crippen molar-refractivity contribution in [3.63, 3.8) is 0 Å². The number of aryl methyl sites for hydroxylation is 2. The average Bonchev–Trinajstić information content (AvgIpc) is 3.99. The third kappa shape index (κ3) is 11.2. The number of imidazole rings is 2. The average molecular weight is 879 g/mol. The summed E-state index contributed by atoms with van der Waals surface area (Å²) in [5.41, 5.74) is 2.70. The molecule has 0 aliphatic heterocycles. The van der Waals surface area contributed by atoms with Crippen LogP contribution in [0.2, 0.25) is 5.15 Å². The SMILES string of the molecule is CC(C)Oc1nc2cc(F)c(C(=O)NCCCc3ncc[nH]3)cc2nc1-c1ccc(F)cc1.O=C(NCCCc1ncc[nH]1)c1cc2nc(-c3ccc(F)cc3)c(Cl)nc2cc1F. The van der Waals surface area contributed by atoms with Crippen molar-refractivity contribution in [1.29, 1.82) is 0 Å². The smallest absolute Gasteiger partial charge is 0.254 e. The number of benzene rings is 4. The summed E-state index contributed by atoms with van der Waals surface area (Å²) in [6.45, 7) is 4.40. The van der Waals surface area contributed by atoms with Gasteiger partial charge in [-0.05, 0) is 87.4 Å². The summed E-state index contributed by atoms with van der Waals surface area (Å²) < 4.78 is 61.6. The van der Waals surface area contributed by atoms with Gasteiger partial charge in [0.15, 0.2) is 5.15 Å². The van der Waals surface area contributed by atoms with Gasteiger partial charge in [0.25, 0.3) is 11.8 Å². The van der Waals surface area contributed by atoms with Crippen LogP contribution in [0.25, 0.3) is 44.6 Å². The highest BCUT2D eigenvalue weighted by molar-refractivity contribution is 6.32. The molecular formula is C45H39ClF4N10O3. The molecular weight excluding hydrogens is 840 g/mol. The van der Waals surface area contributed by atoms with Crippen molar-refractivity contribution in [3.8, 4) is 28.4 Å². The number of H-pyrrole nitrogens is 2. The van der Waals surface area contributed by atoms with Crippen LogP contribution in [0.3, 0.4) is 0 Å². The molecule has 0 radical (unpaired) electrons. The first-order valence-corrected chi connectivity index (χ1v) is 20.2. The zero-order valence-corrected chi connectivity index (χ0v) is 34.6. The minimum atomic E-state index is -0.717. The van der Waals surface area contributed by atoms with E-state index in [9.17, 15) is 27.2 Å². The highest BCUT2D eigenvalue weighted by Crippen LogP contribution is 2.31. The highest BCUT2D eigenvalue weighted by atomic mass is 35.5. The van der Waals surface area contributed by atoms with E-state index in [4.69, 9.17) is 16.3 Å². The van der Waals surface area contributed by atoms with E-state index < -0.39 is 29.3 Å². The highest BCUT2D eigenvalue weighted by Gasteiger charge is 2.20. The molecule has 13 nitrogen and oxygen atoms in total. The third-order valence-corrected chi connectivity index (χ3v) is 9.63. The van der Waals surface area contributed by atoms with Gasteiger partial charge < -0.3 is 25.3 Å². The van der Waals surface area contributed by atoms with E-state index >= 15 is 0 Å². The van der Waals surface area contributed by atoms with E-state index in [1.807, 2.05) is 13.8 Å². The van der Waals surface area contributed by atoms with Crippen LogP contribution < -0.4 is 15.4 Å². The Morgan fingerprint density at radius 2 is 1.08 bits per heavy atom. The van der Waals surface area contributed by atoms with Gasteiger partial charge in [0.2, 0.25) is 5.88 Å². The summed E-state index contributed by atoms with van der Waals surface area (Å²) >= 11 is 6.18. The molecule has 0 aliphatic rings. The molecule has 0 saturated carbocycles. The molecule has 4 heterocycles. The Hall–Kier alpha value is -7.27. The number of nitrogens with zero attached hydrogens (tertiary/aromatic N) is 6. The summed E-state index contributed by atoms with van der Waals surface area (Å²) in [4.78, 5) is 56.8. The van der Waals surface area contributed by atoms with E-state index in [1.165, 1.54) is 54.6 Å². The minimum Gasteiger partial charge on any atom is -0.473 e. The summed E-state index contributed by atoms with van der Waals surface area (Å²) in [6, 6.07) is 16.4. The Morgan fingerprint density at radius 1 is 0.635 bits per heavy atom. The molecule has 8 rings (SSSR count). The Kier molecular flexibility index (Phi) is 14.0. The number of carbonyl (C=O) groups excluding carboxylic acids is 2. The van der Waals surface area contributed by atoms with Gasteiger partial charge in [-0.3, -0.25) is 9.59 Å². The molecule has 0 aliphatic carbocycles. The van der Waals surface area contributed by atoms with Crippen molar-refractivity contribution < 1.29 is 31.9 Å². The van der Waals surface area contributed by atoms with Crippen LogP contribution in [0, 0.1) is 23.3 Å². The quantitative estimate of drug-likeness (QED) is 0.0615. The van der Waals surface area contributed by atoms with E-state index in [0.717, 1.165) is 17.7 Å². The molecule has 18 heteroatoms. The zero-order valence-electron chi connectivity index (χ0n) is 33.9. The first-order chi connectivity index (χ1) is 30.4. The first-order valence-electron chi connectivity index (χ1n) is 19.8. The number of amides is 2. The van der Waals surface area contributed by atoms with Gasteiger partial charge in [-0.25, -0.2) is 47.5 Å². The first kappa shape index (κ1) is 43.8. The molecule has 8 aromatic rings. The van der Waals surface area contributed by atoms with Crippen LogP contribution in [0.1, 0.15) is 59.1 Å². The molecule has 0 unspecified atom stereocenters. The Bertz CT molecular complexity index is 2850. The maximum atomic E-state index is 14.7. The molecule has 322 valence electrons. The molecule has 4 N–H and O–H groups in total. The molecule has 2 amide bonds. The lowest BCUT2D eigenvalue weighted by Gasteiger charge is -2.14. The van der Waals surface area contributed by atoms with Crippen LogP contribution in [-0.4, -0.2) is 70.9 Å². The topological polar surface area (TPSA) is 176 Å². The normalized spacial score (nSPS) is 11.1. The Labute approximate surface area is 362 Å². The number of hydrogen-bond donors (Lipinski definition) is 4. The van der Waals surface area contributed by atoms with Gasteiger partial charge in [-0.2, -0.15) is 0 Å². The second kappa shape index (κ2) is 20.1. The number of carbonyl (C=O) groups is 2. The van der Waals surface area contributed by atoms with Gasteiger partial charge in [0, 0.05) is 74.0 Å². The Balaban J connectivity index is 0.000000190. The van der Waals surface area contributed by atoms with Gasteiger partial charge in [-0.15, -0.1) is 0 Å². The number of rotatable bonds is 14. The number of halogens is 5. The van der Waals surface area contributed by atoms with Crippen LogP contribution in [0.15, 0.2) is 97.6 Å². The van der Waals surface area contributed by atoms with Gasteiger partial charge >= 0.3 is 0 Å². The molecule has 0 atom stereocenters. The second-order valence-corrected chi connectivity index (χ2v) is 14.7. The fraction of sp³-hybridized carbons (Fsp3) is 0.200. The summed E-state index contributed by atoms with van der Waals surface area (Å²) in [7, 11) is 0. The third-order valence-electron chi connectivity index (χ3n) is 9.36. The largest absolute Gasteiger partial charge is 0.473 e. The van der Waals surface area contributed by atoms with Crippen molar-refractivity contribution in [1.82, 2.24) is 50.5 Å². The van der Waals surface area contributed by atoms with E-state index in [-0.39, 0.29) is 45.1 Å². The molecule has 4 aromatic carbocycles. The fourth-order valence-corrected chi connectivity index (χ4v) is 6.58. The van der Waals surface area contributed by atoms with Crippen LogP contribution in [-0.2, 0) is 12.8 Å². The summed E-state index contributed by atoms with van der Waals surface area (Å²) in [6.07, 6.45) is 9.22. The minimum absolute atomic E-state index is 0.0589. The lowest BCUT2D eigenvalue weighted by atomic mass is 10.1. The summed E-state index contributed by atoms with van der Waals surface area (Å²) in [5.74, 6) is -1.43. The maximum Gasteiger partial charge on any atom is 0.254 e. The van der Waals surface area contributed by atoms with Crippen molar-refractivity contribution in [2.45, 2.75) is 45.6 Å². The number of aromatic nitrogens is 8. The lowest BCUT2D eigenvalue weighted by Crippen LogP contribution is -2.26. The monoisotopic (exact) mass is 878 g/mol. The zero-order chi connectivity index (χ0) is 44.5. The van der Waals surface area contributed by atoms with E-state index in [0.29, 0.717) is 72.3 Å². The summed E-state index contributed by atoms with van der Waals surface area (Å²) in [5, 5.41) is 5.48. The van der Waals surface area contributed by atoms with Gasteiger partial charge in [0.05, 0.1) is 39.3 Å². The number of hydrogen-bond acceptors (Lipinski definition) is 9. The molecule has 4 aromatic heterocycles. The number of fused-ring (bicyclic) bond motifs is 2.